The minimum Gasteiger partial charge on any atom is -0.310 e. The van der Waals surface area contributed by atoms with E-state index >= 15 is 0 Å². The van der Waals surface area contributed by atoms with Gasteiger partial charge in [0.15, 0.2) is 0 Å². The van der Waals surface area contributed by atoms with Gasteiger partial charge in [0, 0.05) is 6.04 Å². The van der Waals surface area contributed by atoms with Crippen LogP contribution in [-0.4, -0.2) is 16.1 Å². The first-order valence-electron chi connectivity index (χ1n) is 7.16. The number of hydrogen-bond acceptors (Lipinski definition) is 2. The molecule has 108 valence electrons. The van der Waals surface area contributed by atoms with Gasteiger partial charge in [0.05, 0.1) is 16.7 Å². The molecule has 0 saturated heterocycles. The first-order chi connectivity index (χ1) is 10.2. The molecule has 3 aromatic rings. The lowest BCUT2D eigenvalue weighted by molar-refractivity contribution is 0.580. The van der Waals surface area contributed by atoms with Crippen molar-refractivity contribution in [2.45, 2.75) is 19.9 Å². The Morgan fingerprint density at radius 2 is 2.05 bits per heavy atom. The number of benzene rings is 2. The molecule has 0 aliphatic carbocycles. The van der Waals surface area contributed by atoms with Crippen LogP contribution in [0.25, 0.3) is 16.7 Å². The maximum absolute atomic E-state index is 13.7. The predicted molar refractivity (Wildman–Crippen MR) is 83.1 cm³/mol. The lowest BCUT2D eigenvalue weighted by Gasteiger charge is -2.18. The monoisotopic (exact) mass is 283 g/mol. The van der Waals surface area contributed by atoms with Crippen LogP contribution in [0, 0.1) is 5.82 Å². The average Bonchev–Trinajstić information content (AvgIpc) is 2.91. The summed E-state index contributed by atoms with van der Waals surface area (Å²) in [4.78, 5) is 4.41. The van der Waals surface area contributed by atoms with Gasteiger partial charge < -0.3 is 5.32 Å². The fraction of sp³-hybridized carbons (Fsp3) is 0.235. The molecule has 1 N–H and O–H groups in total. The van der Waals surface area contributed by atoms with Gasteiger partial charge in [0.25, 0.3) is 0 Å². The number of fused-ring (bicyclic) bond motifs is 1. The van der Waals surface area contributed by atoms with E-state index in [-0.39, 0.29) is 11.9 Å². The van der Waals surface area contributed by atoms with E-state index in [4.69, 9.17) is 0 Å². The van der Waals surface area contributed by atoms with Crippen molar-refractivity contribution in [3.8, 4) is 5.69 Å². The summed E-state index contributed by atoms with van der Waals surface area (Å²) in [5, 5.41) is 3.34. The zero-order valence-corrected chi connectivity index (χ0v) is 12.2. The molecule has 3 rings (SSSR count). The summed E-state index contributed by atoms with van der Waals surface area (Å²) in [7, 11) is 0. The molecule has 0 radical (unpaired) electrons. The van der Waals surface area contributed by atoms with Crippen molar-refractivity contribution < 1.29 is 4.39 Å². The number of para-hydroxylation sites is 2. The Kier molecular flexibility index (Phi) is 3.71. The Morgan fingerprint density at radius 3 is 2.86 bits per heavy atom. The first-order valence-corrected chi connectivity index (χ1v) is 7.16. The van der Waals surface area contributed by atoms with Crippen LogP contribution in [0.15, 0.2) is 48.8 Å². The highest BCUT2D eigenvalue weighted by atomic mass is 19.1. The van der Waals surface area contributed by atoms with Crippen LogP contribution in [0.4, 0.5) is 4.39 Å². The normalized spacial score (nSPS) is 12.7. The van der Waals surface area contributed by atoms with Crippen molar-refractivity contribution >= 4 is 11.0 Å². The number of imidazole rings is 1. The molecule has 1 aromatic heterocycles. The van der Waals surface area contributed by atoms with Crippen LogP contribution < -0.4 is 5.32 Å². The lowest BCUT2D eigenvalue weighted by Crippen LogP contribution is -2.19. The zero-order valence-electron chi connectivity index (χ0n) is 12.2. The summed E-state index contributed by atoms with van der Waals surface area (Å²) in [6.45, 7) is 4.92. The molecular formula is C17H18FN3. The van der Waals surface area contributed by atoms with Crippen LogP contribution in [0.1, 0.15) is 25.5 Å². The molecular weight excluding hydrogens is 265 g/mol. The average molecular weight is 283 g/mol. The largest absolute Gasteiger partial charge is 0.310 e. The molecule has 0 saturated carbocycles. The molecule has 4 heteroatoms. The van der Waals surface area contributed by atoms with E-state index in [9.17, 15) is 4.39 Å². The molecule has 0 fully saturated rings. The third-order valence-corrected chi connectivity index (χ3v) is 3.68. The van der Waals surface area contributed by atoms with E-state index in [0.29, 0.717) is 0 Å². The van der Waals surface area contributed by atoms with Crippen LogP contribution in [0.5, 0.6) is 0 Å². The van der Waals surface area contributed by atoms with E-state index in [1.54, 1.807) is 12.4 Å². The second-order valence-electron chi connectivity index (χ2n) is 5.09. The zero-order chi connectivity index (χ0) is 14.8. The third kappa shape index (κ3) is 2.54. The number of rotatable bonds is 4. The molecule has 21 heavy (non-hydrogen) atoms. The van der Waals surface area contributed by atoms with Crippen LogP contribution in [0.2, 0.25) is 0 Å². The Hall–Kier alpha value is -2.20. The van der Waals surface area contributed by atoms with Crippen molar-refractivity contribution in [2.75, 3.05) is 6.54 Å². The van der Waals surface area contributed by atoms with Gasteiger partial charge in [-0.3, -0.25) is 4.57 Å². The highest BCUT2D eigenvalue weighted by molar-refractivity contribution is 5.77. The van der Waals surface area contributed by atoms with E-state index in [2.05, 4.69) is 10.3 Å². The number of halogens is 1. The smallest absolute Gasteiger partial charge is 0.123 e. The Balaban J connectivity index is 2.17. The van der Waals surface area contributed by atoms with Crippen LogP contribution in [-0.2, 0) is 0 Å². The first kappa shape index (κ1) is 13.8. The quantitative estimate of drug-likeness (QED) is 0.788. The Bertz CT molecular complexity index is 764. The molecule has 0 spiro atoms. The molecule has 0 amide bonds. The standard InChI is InChI=1S/C17H18FN3/c1-3-19-12(2)14-10-13(18)8-9-16(14)21-11-20-15-6-4-5-7-17(15)21/h4-12,19H,3H2,1-2H3. The molecule has 1 heterocycles. The molecule has 3 nitrogen and oxygen atoms in total. The van der Waals surface area contributed by atoms with E-state index in [0.717, 1.165) is 28.8 Å². The molecule has 1 atom stereocenters. The van der Waals surface area contributed by atoms with E-state index < -0.39 is 0 Å². The molecule has 0 bridgehead atoms. The van der Waals surface area contributed by atoms with Gasteiger partial charge in [-0.1, -0.05) is 19.1 Å². The minimum atomic E-state index is -0.220. The lowest BCUT2D eigenvalue weighted by atomic mass is 10.1. The summed E-state index contributed by atoms with van der Waals surface area (Å²) in [6.07, 6.45) is 1.79. The van der Waals surface area contributed by atoms with Crippen molar-refractivity contribution in [3.05, 3.63) is 60.2 Å². The number of nitrogens with zero attached hydrogens (tertiary/aromatic N) is 2. The van der Waals surface area contributed by atoms with Gasteiger partial charge in [-0.05, 0) is 49.4 Å². The summed E-state index contributed by atoms with van der Waals surface area (Å²) < 4.78 is 15.7. The summed E-state index contributed by atoms with van der Waals surface area (Å²) in [6, 6.07) is 12.9. The van der Waals surface area contributed by atoms with E-state index in [1.165, 1.54) is 6.07 Å². The topological polar surface area (TPSA) is 29.9 Å². The fourth-order valence-electron chi connectivity index (χ4n) is 2.66. The van der Waals surface area contributed by atoms with Crippen LogP contribution in [0.3, 0.4) is 0 Å². The predicted octanol–water partition coefficient (Wildman–Crippen LogP) is 3.84. The summed E-state index contributed by atoms with van der Waals surface area (Å²) in [5.74, 6) is -0.220. The molecule has 2 aromatic carbocycles. The SMILES string of the molecule is CCNC(C)c1cc(F)ccc1-n1cnc2ccccc21. The second kappa shape index (κ2) is 5.66. The van der Waals surface area contributed by atoms with Gasteiger partial charge in [0.2, 0.25) is 0 Å². The van der Waals surface area contributed by atoms with Crippen molar-refractivity contribution in [1.82, 2.24) is 14.9 Å². The number of hydrogen-bond donors (Lipinski definition) is 1. The highest BCUT2D eigenvalue weighted by Crippen LogP contribution is 2.26. The molecule has 1 unspecified atom stereocenters. The van der Waals surface area contributed by atoms with Crippen molar-refractivity contribution in [1.29, 1.82) is 0 Å². The highest BCUT2D eigenvalue weighted by Gasteiger charge is 2.14. The van der Waals surface area contributed by atoms with Gasteiger partial charge in [-0.15, -0.1) is 0 Å². The van der Waals surface area contributed by atoms with Gasteiger partial charge in [-0.2, -0.15) is 0 Å². The molecule has 0 aliphatic rings. The maximum atomic E-state index is 13.7. The van der Waals surface area contributed by atoms with Gasteiger partial charge >= 0.3 is 0 Å². The second-order valence-corrected chi connectivity index (χ2v) is 5.09. The minimum absolute atomic E-state index is 0.0712. The number of nitrogens with one attached hydrogen (secondary N) is 1. The van der Waals surface area contributed by atoms with Gasteiger partial charge in [-0.25, -0.2) is 9.37 Å². The summed E-state index contributed by atoms with van der Waals surface area (Å²) >= 11 is 0. The van der Waals surface area contributed by atoms with Gasteiger partial charge in [0.1, 0.15) is 12.1 Å². The Labute approximate surface area is 123 Å². The third-order valence-electron chi connectivity index (χ3n) is 3.68. The molecule has 0 aliphatic heterocycles. The maximum Gasteiger partial charge on any atom is 0.123 e. The Morgan fingerprint density at radius 1 is 1.24 bits per heavy atom. The number of aromatic nitrogens is 2. The van der Waals surface area contributed by atoms with E-state index in [1.807, 2.05) is 48.7 Å². The van der Waals surface area contributed by atoms with Crippen molar-refractivity contribution in [3.63, 3.8) is 0 Å². The summed E-state index contributed by atoms with van der Waals surface area (Å²) in [5.41, 5.74) is 3.84. The van der Waals surface area contributed by atoms with Crippen LogP contribution >= 0.6 is 0 Å². The fourth-order valence-corrected chi connectivity index (χ4v) is 2.66. The van der Waals surface area contributed by atoms with Crippen molar-refractivity contribution in [2.24, 2.45) is 0 Å².